The summed E-state index contributed by atoms with van der Waals surface area (Å²) in [4.78, 5) is 13.1. The lowest BCUT2D eigenvalue weighted by molar-refractivity contribution is 0.391. The summed E-state index contributed by atoms with van der Waals surface area (Å²) in [6.07, 6.45) is 4.15. The summed E-state index contributed by atoms with van der Waals surface area (Å²) in [5, 5.41) is 7.66. The normalized spacial score (nSPS) is 12.2. The molecule has 12 heteroatoms. The first-order valence-corrected chi connectivity index (χ1v) is 13.2. The summed E-state index contributed by atoms with van der Waals surface area (Å²) in [5.74, 6) is 1.60. The van der Waals surface area contributed by atoms with Crippen molar-refractivity contribution in [3.8, 4) is 28.7 Å². The van der Waals surface area contributed by atoms with E-state index in [0.717, 1.165) is 17.7 Å². The fourth-order valence-corrected chi connectivity index (χ4v) is 4.66. The minimum Gasteiger partial charge on any atom is -0.494 e. The lowest BCUT2D eigenvalue weighted by atomic mass is 10.2. The minimum atomic E-state index is -3.93. The maximum atomic E-state index is 13.4. The fourth-order valence-electron chi connectivity index (χ4n) is 3.70. The predicted molar refractivity (Wildman–Crippen MR) is 140 cm³/mol. The number of methoxy groups -OCH3 is 2. The molecule has 4 rings (SSSR count). The highest BCUT2D eigenvalue weighted by atomic mass is 32.2. The van der Waals surface area contributed by atoms with Crippen LogP contribution in [0.4, 0.5) is 5.95 Å². The largest absolute Gasteiger partial charge is 0.494 e. The molecule has 0 unspecified atom stereocenters. The van der Waals surface area contributed by atoms with E-state index in [1.165, 1.54) is 14.2 Å². The molecule has 0 radical (unpaired) electrons. The molecule has 0 saturated carbocycles. The molecule has 3 heterocycles. The third kappa shape index (κ3) is 5.53. The number of nitrogens with zero attached hydrogens (tertiary/aromatic N) is 6. The summed E-state index contributed by atoms with van der Waals surface area (Å²) >= 11 is 0. The number of rotatable bonds is 10. The molecule has 0 spiro atoms. The van der Waals surface area contributed by atoms with Crippen molar-refractivity contribution in [3.05, 3.63) is 65.9 Å². The Labute approximate surface area is 216 Å². The Balaban J connectivity index is 1.82. The molecule has 0 bridgehead atoms. The standard InChI is InChI=1S/C25H29N7O4S/c1-6-18-9-7-10-19(28-18)24-29-30-25(32(24)23-20(35-4)11-8-12-21(23)36-5)31-37(33,34)17(3)13-22-26-14-16(2)15-27-22/h7-12,14-15,17H,6,13H2,1-5H3,(H,30,31)/t17-/m0/s1. The number of hydrogen-bond acceptors (Lipinski definition) is 9. The quantitative estimate of drug-likeness (QED) is 0.332. The Hall–Kier alpha value is -4.06. The number of sulfonamides is 1. The van der Waals surface area contributed by atoms with Gasteiger partial charge in [0, 0.05) is 24.5 Å². The highest BCUT2D eigenvalue weighted by Crippen LogP contribution is 2.37. The Bertz CT molecular complexity index is 1470. The zero-order valence-electron chi connectivity index (χ0n) is 21.3. The molecule has 1 aromatic carbocycles. The molecule has 0 saturated heterocycles. The molecule has 1 N–H and O–H groups in total. The topological polar surface area (TPSA) is 134 Å². The molecule has 194 valence electrons. The summed E-state index contributed by atoms with van der Waals surface area (Å²) < 4.78 is 42.1. The number of pyridine rings is 1. The summed E-state index contributed by atoms with van der Waals surface area (Å²) in [5.41, 5.74) is 2.70. The van der Waals surface area contributed by atoms with Crippen molar-refractivity contribution < 1.29 is 17.9 Å². The van der Waals surface area contributed by atoms with Crippen LogP contribution in [0, 0.1) is 6.92 Å². The summed E-state index contributed by atoms with van der Waals surface area (Å²) in [6, 6.07) is 10.8. The van der Waals surface area contributed by atoms with E-state index in [9.17, 15) is 8.42 Å². The number of benzene rings is 1. The first-order valence-electron chi connectivity index (χ1n) is 11.7. The number of anilines is 1. The van der Waals surface area contributed by atoms with Crippen molar-refractivity contribution in [1.29, 1.82) is 0 Å². The van der Waals surface area contributed by atoms with E-state index in [1.807, 2.05) is 26.0 Å². The van der Waals surface area contributed by atoms with Gasteiger partial charge in [-0.2, -0.15) is 0 Å². The number of nitrogens with one attached hydrogen (secondary N) is 1. The van der Waals surface area contributed by atoms with Crippen molar-refractivity contribution in [2.24, 2.45) is 0 Å². The molecule has 0 aliphatic carbocycles. The Kier molecular flexibility index (Phi) is 7.67. The molecule has 0 aliphatic rings. The first-order chi connectivity index (χ1) is 17.8. The molecule has 1 atom stereocenters. The van der Waals surface area contributed by atoms with Gasteiger partial charge in [0.2, 0.25) is 16.0 Å². The molecular weight excluding hydrogens is 494 g/mol. The van der Waals surface area contributed by atoms with Crippen molar-refractivity contribution >= 4 is 16.0 Å². The lowest BCUT2D eigenvalue weighted by Gasteiger charge is -2.19. The summed E-state index contributed by atoms with van der Waals surface area (Å²) in [7, 11) is -0.889. The average Bonchev–Trinajstić information content (AvgIpc) is 3.31. The van der Waals surface area contributed by atoms with Gasteiger partial charge in [-0.05, 0) is 50.1 Å². The Morgan fingerprint density at radius 3 is 2.27 bits per heavy atom. The molecule has 3 aromatic heterocycles. The molecule has 0 aliphatic heterocycles. The third-order valence-corrected chi connectivity index (χ3v) is 7.45. The molecule has 37 heavy (non-hydrogen) atoms. The second-order valence-corrected chi connectivity index (χ2v) is 10.5. The average molecular weight is 524 g/mol. The van der Waals surface area contributed by atoms with Crippen LogP contribution < -0.4 is 14.2 Å². The van der Waals surface area contributed by atoms with Crippen LogP contribution in [0.25, 0.3) is 17.2 Å². The highest BCUT2D eigenvalue weighted by Gasteiger charge is 2.29. The van der Waals surface area contributed by atoms with E-state index in [2.05, 4.69) is 29.9 Å². The van der Waals surface area contributed by atoms with Crippen LogP contribution in [-0.2, 0) is 22.9 Å². The van der Waals surface area contributed by atoms with Crippen LogP contribution in [-0.4, -0.2) is 57.6 Å². The van der Waals surface area contributed by atoms with Gasteiger partial charge in [0.1, 0.15) is 28.7 Å². The number of hydrogen-bond donors (Lipinski definition) is 1. The van der Waals surface area contributed by atoms with Crippen LogP contribution in [0.5, 0.6) is 11.5 Å². The number of para-hydroxylation sites is 1. The first kappa shape index (κ1) is 26.0. The molecule has 0 fully saturated rings. The number of ether oxygens (including phenoxy) is 2. The molecule has 4 aromatic rings. The van der Waals surface area contributed by atoms with Crippen LogP contribution in [0.3, 0.4) is 0 Å². The van der Waals surface area contributed by atoms with E-state index >= 15 is 0 Å². The zero-order chi connectivity index (χ0) is 26.6. The molecule has 0 amide bonds. The van der Waals surface area contributed by atoms with Crippen LogP contribution >= 0.6 is 0 Å². The van der Waals surface area contributed by atoms with Crippen molar-refractivity contribution in [3.63, 3.8) is 0 Å². The Morgan fingerprint density at radius 2 is 1.65 bits per heavy atom. The van der Waals surface area contributed by atoms with Crippen molar-refractivity contribution in [2.45, 2.75) is 38.9 Å². The zero-order valence-corrected chi connectivity index (χ0v) is 22.2. The van der Waals surface area contributed by atoms with Gasteiger partial charge in [0.05, 0.1) is 19.5 Å². The van der Waals surface area contributed by atoms with Gasteiger partial charge >= 0.3 is 0 Å². The Morgan fingerprint density at radius 1 is 1.00 bits per heavy atom. The van der Waals surface area contributed by atoms with Crippen molar-refractivity contribution in [1.82, 2.24) is 29.7 Å². The number of aromatic nitrogens is 6. The minimum absolute atomic E-state index is 0.0295. The third-order valence-electron chi connectivity index (χ3n) is 5.75. The smallest absolute Gasteiger partial charge is 0.243 e. The maximum Gasteiger partial charge on any atom is 0.243 e. The second kappa shape index (κ2) is 10.9. The van der Waals surface area contributed by atoms with Gasteiger partial charge in [-0.1, -0.05) is 19.1 Å². The van der Waals surface area contributed by atoms with Gasteiger partial charge in [-0.15, -0.1) is 10.2 Å². The van der Waals surface area contributed by atoms with E-state index in [0.29, 0.717) is 34.5 Å². The van der Waals surface area contributed by atoms with Gasteiger partial charge in [0.15, 0.2) is 5.82 Å². The van der Waals surface area contributed by atoms with Gasteiger partial charge < -0.3 is 9.47 Å². The highest BCUT2D eigenvalue weighted by molar-refractivity contribution is 7.93. The molecular formula is C25H29N7O4S. The predicted octanol–water partition coefficient (Wildman–Crippen LogP) is 3.38. The monoisotopic (exact) mass is 523 g/mol. The van der Waals surface area contributed by atoms with E-state index in [-0.39, 0.29) is 12.4 Å². The fraction of sp³-hybridized carbons (Fsp3) is 0.320. The van der Waals surface area contributed by atoms with Crippen LogP contribution in [0.1, 0.15) is 30.9 Å². The van der Waals surface area contributed by atoms with Crippen LogP contribution in [0.15, 0.2) is 48.8 Å². The SMILES string of the molecule is CCc1cccc(-c2nnc(NS(=O)(=O)[C@@H](C)Cc3ncc(C)cn3)n2-c2c(OC)cccc2OC)n1. The maximum absolute atomic E-state index is 13.4. The second-order valence-electron chi connectivity index (χ2n) is 8.40. The number of aryl methyl sites for hydroxylation is 2. The van der Waals surface area contributed by atoms with E-state index < -0.39 is 15.3 Å². The van der Waals surface area contributed by atoms with E-state index in [4.69, 9.17) is 9.47 Å². The summed E-state index contributed by atoms with van der Waals surface area (Å²) in [6.45, 7) is 5.45. The van der Waals surface area contributed by atoms with E-state index in [1.54, 1.807) is 48.1 Å². The lowest BCUT2D eigenvalue weighted by Crippen LogP contribution is -2.29. The molecule has 11 nitrogen and oxygen atoms in total. The van der Waals surface area contributed by atoms with Gasteiger partial charge in [-0.3, -0.25) is 9.29 Å². The van der Waals surface area contributed by atoms with Gasteiger partial charge in [-0.25, -0.2) is 23.4 Å². The van der Waals surface area contributed by atoms with Crippen LogP contribution in [0.2, 0.25) is 0 Å². The van der Waals surface area contributed by atoms with Crippen molar-refractivity contribution in [2.75, 3.05) is 18.9 Å². The van der Waals surface area contributed by atoms with Gasteiger partial charge in [0.25, 0.3) is 0 Å².